The first-order chi connectivity index (χ1) is 8.45. The van der Waals surface area contributed by atoms with Gasteiger partial charge < -0.3 is 10.2 Å². The second-order valence-electron chi connectivity index (χ2n) is 3.88. The van der Waals surface area contributed by atoms with Crippen molar-refractivity contribution in [2.45, 2.75) is 11.4 Å². The van der Waals surface area contributed by atoms with Crippen molar-refractivity contribution < 1.29 is 14.6 Å². The molecule has 96 valence electrons. The molecule has 1 aromatic carbocycles. The van der Waals surface area contributed by atoms with Gasteiger partial charge in [0, 0.05) is 16.1 Å². The number of aryl methyl sites for hydroxylation is 1. The van der Waals surface area contributed by atoms with E-state index in [2.05, 4.69) is 22.6 Å². The second kappa shape index (κ2) is 4.97. The van der Waals surface area contributed by atoms with Crippen molar-refractivity contribution in [3.63, 3.8) is 0 Å². The van der Waals surface area contributed by atoms with Crippen molar-refractivity contribution in [2.24, 2.45) is 0 Å². The molecule has 0 amide bonds. The molecule has 0 radical (unpaired) electrons. The SMILES string of the molecule is Cc1cc(-n2c(O)cc(CI)c2O)cc(F)c1Cl. The maximum atomic E-state index is 13.6. The van der Waals surface area contributed by atoms with Crippen molar-refractivity contribution in [1.82, 2.24) is 4.57 Å². The summed E-state index contributed by atoms with van der Waals surface area (Å²) in [6, 6.07) is 4.22. The van der Waals surface area contributed by atoms with Gasteiger partial charge in [0.15, 0.2) is 5.88 Å². The first-order valence-corrected chi connectivity index (χ1v) is 7.00. The summed E-state index contributed by atoms with van der Waals surface area (Å²) >= 11 is 7.81. The van der Waals surface area contributed by atoms with Crippen LogP contribution in [0.1, 0.15) is 11.1 Å². The molecular weight excluding hydrogens is 371 g/mol. The number of alkyl halides is 1. The Morgan fingerprint density at radius 1 is 1.33 bits per heavy atom. The molecule has 2 rings (SSSR count). The van der Waals surface area contributed by atoms with Crippen LogP contribution in [-0.2, 0) is 4.43 Å². The summed E-state index contributed by atoms with van der Waals surface area (Å²) in [5.74, 6) is -0.821. The summed E-state index contributed by atoms with van der Waals surface area (Å²) in [5.41, 5.74) is 1.46. The lowest BCUT2D eigenvalue weighted by Crippen LogP contribution is -1.96. The minimum absolute atomic E-state index is 0.0407. The predicted molar refractivity (Wildman–Crippen MR) is 76.5 cm³/mol. The highest BCUT2D eigenvalue weighted by Crippen LogP contribution is 2.34. The number of nitrogens with zero attached hydrogens (tertiary/aromatic N) is 1. The van der Waals surface area contributed by atoms with E-state index in [9.17, 15) is 14.6 Å². The van der Waals surface area contributed by atoms with Gasteiger partial charge in [0.25, 0.3) is 0 Å². The van der Waals surface area contributed by atoms with Gasteiger partial charge >= 0.3 is 0 Å². The maximum absolute atomic E-state index is 13.6. The van der Waals surface area contributed by atoms with Gasteiger partial charge in [-0.2, -0.15) is 0 Å². The lowest BCUT2D eigenvalue weighted by molar-refractivity contribution is 0.401. The highest BCUT2D eigenvalue weighted by atomic mass is 127. The molecule has 0 saturated carbocycles. The molecule has 6 heteroatoms. The second-order valence-corrected chi connectivity index (χ2v) is 5.02. The number of aromatic hydroxyl groups is 2. The van der Waals surface area contributed by atoms with E-state index in [0.29, 0.717) is 21.2 Å². The Morgan fingerprint density at radius 3 is 2.50 bits per heavy atom. The van der Waals surface area contributed by atoms with Crippen molar-refractivity contribution >= 4 is 34.2 Å². The van der Waals surface area contributed by atoms with Crippen LogP contribution in [0.4, 0.5) is 4.39 Å². The molecule has 0 saturated heterocycles. The molecule has 0 atom stereocenters. The van der Waals surface area contributed by atoms with E-state index in [-0.39, 0.29) is 16.8 Å². The van der Waals surface area contributed by atoms with Gasteiger partial charge in [0.2, 0.25) is 5.88 Å². The van der Waals surface area contributed by atoms with Gasteiger partial charge in [-0.05, 0) is 24.6 Å². The lowest BCUT2D eigenvalue weighted by atomic mass is 10.2. The third-order valence-electron chi connectivity index (χ3n) is 2.63. The average Bonchev–Trinajstić information content (AvgIpc) is 2.60. The number of hydrogen-bond acceptors (Lipinski definition) is 2. The summed E-state index contributed by atoms with van der Waals surface area (Å²) in [4.78, 5) is 0. The van der Waals surface area contributed by atoms with Crippen LogP contribution in [0.2, 0.25) is 5.02 Å². The number of halogens is 3. The van der Waals surface area contributed by atoms with Gasteiger partial charge in [-0.15, -0.1) is 0 Å². The quantitative estimate of drug-likeness (QED) is 0.612. The van der Waals surface area contributed by atoms with Gasteiger partial charge in [0.1, 0.15) is 5.82 Å². The summed E-state index contributed by atoms with van der Waals surface area (Å²) < 4.78 is 15.3. The summed E-state index contributed by atoms with van der Waals surface area (Å²) in [6.07, 6.45) is 0. The van der Waals surface area contributed by atoms with Crippen LogP contribution in [0.15, 0.2) is 18.2 Å². The van der Waals surface area contributed by atoms with Crippen molar-refractivity contribution in [3.05, 3.63) is 40.2 Å². The fourth-order valence-electron chi connectivity index (χ4n) is 1.73. The molecule has 0 aliphatic heterocycles. The highest BCUT2D eigenvalue weighted by molar-refractivity contribution is 14.1. The topological polar surface area (TPSA) is 45.4 Å². The molecule has 18 heavy (non-hydrogen) atoms. The zero-order chi connectivity index (χ0) is 13.4. The van der Waals surface area contributed by atoms with E-state index in [4.69, 9.17) is 11.6 Å². The van der Waals surface area contributed by atoms with Crippen molar-refractivity contribution in [3.8, 4) is 17.4 Å². The average molecular weight is 382 g/mol. The molecule has 0 aliphatic rings. The molecular formula is C12H10ClFINO2. The van der Waals surface area contributed by atoms with Crippen LogP contribution in [0.5, 0.6) is 11.8 Å². The smallest absolute Gasteiger partial charge is 0.202 e. The largest absolute Gasteiger partial charge is 0.494 e. The van der Waals surface area contributed by atoms with Crippen LogP contribution in [0.3, 0.4) is 0 Å². The third kappa shape index (κ3) is 2.16. The Labute approximate surface area is 122 Å². The number of rotatable bonds is 2. The summed E-state index contributed by atoms with van der Waals surface area (Å²) in [7, 11) is 0. The summed E-state index contributed by atoms with van der Waals surface area (Å²) in [5, 5.41) is 19.8. The Morgan fingerprint density at radius 2 is 2.00 bits per heavy atom. The first-order valence-electron chi connectivity index (χ1n) is 5.10. The van der Waals surface area contributed by atoms with Crippen molar-refractivity contribution in [1.29, 1.82) is 0 Å². The van der Waals surface area contributed by atoms with E-state index in [1.807, 2.05) is 0 Å². The Bertz CT molecular complexity index is 589. The number of benzene rings is 1. The maximum Gasteiger partial charge on any atom is 0.202 e. The molecule has 0 aliphatic carbocycles. The fourth-order valence-corrected chi connectivity index (χ4v) is 2.40. The number of hydrogen-bond donors (Lipinski definition) is 2. The molecule has 2 aromatic rings. The van der Waals surface area contributed by atoms with Gasteiger partial charge in [-0.1, -0.05) is 34.2 Å². The van der Waals surface area contributed by atoms with E-state index in [1.165, 1.54) is 16.7 Å². The molecule has 3 nitrogen and oxygen atoms in total. The molecule has 0 bridgehead atoms. The van der Waals surface area contributed by atoms with Gasteiger partial charge in [-0.3, -0.25) is 4.57 Å². The summed E-state index contributed by atoms with van der Waals surface area (Å²) in [6.45, 7) is 1.66. The molecule has 0 unspecified atom stereocenters. The standard InChI is InChI=1S/C12H10ClFINO2/c1-6-2-8(4-9(14)11(6)13)16-10(17)3-7(5-15)12(16)18/h2-4,17-18H,5H2,1H3. The predicted octanol–water partition coefficient (Wildman–Crippen LogP) is 3.92. The molecule has 2 N–H and O–H groups in total. The van der Waals surface area contributed by atoms with Crippen molar-refractivity contribution in [2.75, 3.05) is 0 Å². The fraction of sp³-hybridized carbons (Fsp3) is 0.167. The number of aromatic nitrogens is 1. The van der Waals surface area contributed by atoms with E-state index < -0.39 is 5.82 Å². The van der Waals surface area contributed by atoms with Gasteiger partial charge in [-0.25, -0.2) is 4.39 Å². The normalized spacial score (nSPS) is 10.9. The van der Waals surface area contributed by atoms with Gasteiger partial charge in [0.05, 0.1) is 10.7 Å². The van der Waals surface area contributed by atoms with E-state index in [1.54, 1.807) is 13.0 Å². The van der Waals surface area contributed by atoms with Crippen LogP contribution < -0.4 is 0 Å². The Hall–Kier alpha value is -0.950. The zero-order valence-electron chi connectivity index (χ0n) is 9.41. The van der Waals surface area contributed by atoms with Crippen LogP contribution >= 0.6 is 34.2 Å². The highest BCUT2D eigenvalue weighted by Gasteiger charge is 2.16. The van der Waals surface area contributed by atoms with Crippen LogP contribution in [0, 0.1) is 12.7 Å². The van der Waals surface area contributed by atoms with E-state index in [0.717, 1.165) is 0 Å². The lowest BCUT2D eigenvalue weighted by Gasteiger charge is -2.09. The Kier molecular flexibility index (Phi) is 3.72. The molecule has 1 heterocycles. The Balaban J connectivity index is 2.66. The van der Waals surface area contributed by atoms with Crippen LogP contribution in [-0.4, -0.2) is 14.8 Å². The monoisotopic (exact) mass is 381 g/mol. The molecule has 0 spiro atoms. The minimum Gasteiger partial charge on any atom is -0.494 e. The first kappa shape index (κ1) is 13.5. The molecule has 0 fully saturated rings. The van der Waals surface area contributed by atoms with E-state index >= 15 is 0 Å². The van der Waals surface area contributed by atoms with Crippen LogP contribution in [0.25, 0.3) is 5.69 Å². The zero-order valence-corrected chi connectivity index (χ0v) is 12.3. The molecule has 1 aromatic heterocycles. The third-order valence-corrected chi connectivity index (χ3v) is 3.93. The minimum atomic E-state index is -0.588.